The molecule has 0 aromatic carbocycles. The summed E-state index contributed by atoms with van der Waals surface area (Å²) in [5.74, 6) is 0.653. The minimum Gasteiger partial charge on any atom is -0.328 e. The zero-order valence-electron chi connectivity index (χ0n) is 7.14. The van der Waals surface area contributed by atoms with Gasteiger partial charge in [0.05, 0.1) is 0 Å². The fourth-order valence-corrected chi connectivity index (χ4v) is 0.847. The van der Waals surface area contributed by atoms with Crippen molar-refractivity contribution in [3.8, 4) is 0 Å². The molecule has 0 aromatic heterocycles. The average Bonchev–Trinajstić information content (AvgIpc) is 1.88. The molecule has 2 unspecified atom stereocenters. The van der Waals surface area contributed by atoms with Crippen LogP contribution in [0.3, 0.4) is 0 Å². The van der Waals surface area contributed by atoms with Gasteiger partial charge in [0.1, 0.15) is 0 Å². The van der Waals surface area contributed by atoms with E-state index in [9.17, 15) is 0 Å². The van der Waals surface area contributed by atoms with E-state index < -0.39 is 0 Å². The predicted octanol–water partition coefficient (Wildman–Crippen LogP) is 2.33. The molecule has 0 bridgehead atoms. The van der Waals surface area contributed by atoms with Gasteiger partial charge in [-0.1, -0.05) is 13.0 Å². The van der Waals surface area contributed by atoms with Gasteiger partial charge in [-0.25, -0.2) is 0 Å². The van der Waals surface area contributed by atoms with E-state index in [-0.39, 0.29) is 0 Å². The molecule has 0 heterocycles. The van der Waals surface area contributed by atoms with Gasteiger partial charge >= 0.3 is 0 Å². The number of unbranched alkanes of at least 4 members (excludes halogenated alkanes) is 1. The van der Waals surface area contributed by atoms with Crippen molar-refractivity contribution in [2.24, 2.45) is 11.7 Å². The Bertz CT molecular complexity index is 86.7. The first-order chi connectivity index (χ1) is 4.68. The van der Waals surface area contributed by atoms with Crippen molar-refractivity contribution >= 4 is 0 Å². The molecule has 2 N–H and O–H groups in total. The predicted molar refractivity (Wildman–Crippen MR) is 46.9 cm³/mol. The Hall–Kier alpha value is -0.300. The minimum absolute atomic E-state index is 0.338. The SMILES string of the molecule is C=CCCCC(C)C(C)N. The first-order valence-corrected chi connectivity index (χ1v) is 4.05. The van der Waals surface area contributed by atoms with Crippen LogP contribution in [-0.4, -0.2) is 6.04 Å². The summed E-state index contributed by atoms with van der Waals surface area (Å²) in [5, 5.41) is 0. The van der Waals surface area contributed by atoms with Crippen molar-refractivity contribution in [2.75, 3.05) is 0 Å². The summed E-state index contributed by atoms with van der Waals surface area (Å²) in [7, 11) is 0. The molecule has 0 radical (unpaired) electrons. The second-order valence-electron chi connectivity index (χ2n) is 3.06. The smallest absolute Gasteiger partial charge is 0.00361 e. The van der Waals surface area contributed by atoms with Gasteiger partial charge < -0.3 is 5.73 Å². The van der Waals surface area contributed by atoms with E-state index in [0.29, 0.717) is 12.0 Å². The number of hydrogen-bond donors (Lipinski definition) is 1. The van der Waals surface area contributed by atoms with Crippen LogP contribution in [0.15, 0.2) is 12.7 Å². The molecule has 0 aliphatic heterocycles. The van der Waals surface area contributed by atoms with Crippen LogP contribution in [0.2, 0.25) is 0 Å². The molecule has 0 spiro atoms. The summed E-state index contributed by atoms with van der Waals surface area (Å²) in [5.41, 5.74) is 5.69. The lowest BCUT2D eigenvalue weighted by molar-refractivity contribution is 0.439. The third-order valence-electron chi connectivity index (χ3n) is 1.97. The van der Waals surface area contributed by atoms with Gasteiger partial charge in [0.25, 0.3) is 0 Å². The van der Waals surface area contributed by atoms with Gasteiger partial charge in [-0.05, 0) is 32.1 Å². The van der Waals surface area contributed by atoms with Gasteiger partial charge in [-0.15, -0.1) is 6.58 Å². The second kappa shape index (κ2) is 5.48. The summed E-state index contributed by atoms with van der Waals surface area (Å²) >= 11 is 0. The Kier molecular flexibility index (Phi) is 5.32. The molecule has 2 atom stereocenters. The van der Waals surface area contributed by atoms with E-state index in [4.69, 9.17) is 5.73 Å². The van der Waals surface area contributed by atoms with Crippen LogP contribution in [0.4, 0.5) is 0 Å². The molecule has 10 heavy (non-hydrogen) atoms. The van der Waals surface area contributed by atoms with E-state index in [0.717, 1.165) is 6.42 Å². The standard InChI is InChI=1S/C9H19N/c1-4-5-6-7-8(2)9(3)10/h4,8-9H,1,5-7,10H2,2-3H3. The monoisotopic (exact) mass is 141 g/mol. The summed E-state index contributed by atoms with van der Waals surface area (Å²) in [6.07, 6.45) is 5.54. The van der Waals surface area contributed by atoms with Gasteiger partial charge in [-0.3, -0.25) is 0 Å². The van der Waals surface area contributed by atoms with E-state index in [1.54, 1.807) is 0 Å². The lowest BCUT2D eigenvalue weighted by Crippen LogP contribution is -2.23. The number of nitrogens with two attached hydrogens (primary N) is 1. The van der Waals surface area contributed by atoms with E-state index in [1.807, 2.05) is 6.08 Å². The Morgan fingerprint density at radius 3 is 2.50 bits per heavy atom. The second-order valence-corrected chi connectivity index (χ2v) is 3.06. The average molecular weight is 141 g/mol. The summed E-state index contributed by atoms with van der Waals surface area (Å²) in [6.45, 7) is 7.94. The first-order valence-electron chi connectivity index (χ1n) is 4.05. The Morgan fingerprint density at radius 1 is 1.50 bits per heavy atom. The molecule has 0 rings (SSSR count). The fraction of sp³-hybridized carbons (Fsp3) is 0.778. The van der Waals surface area contributed by atoms with E-state index >= 15 is 0 Å². The topological polar surface area (TPSA) is 26.0 Å². The molecule has 0 amide bonds. The highest BCUT2D eigenvalue weighted by atomic mass is 14.6. The number of hydrogen-bond acceptors (Lipinski definition) is 1. The molecule has 0 aliphatic carbocycles. The van der Waals surface area contributed by atoms with Crippen LogP contribution in [0.25, 0.3) is 0 Å². The lowest BCUT2D eigenvalue weighted by Gasteiger charge is -2.13. The maximum absolute atomic E-state index is 5.69. The molecule has 0 fully saturated rings. The molecular weight excluding hydrogens is 122 g/mol. The van der Waals surface area contributed by atoms with Gasteiger partial charge in [-0.2, -0.15) is 0 Å². The third-order valence-corrected chi connectivity index (χ3v) is 1.97. The van der Waals surface area contributed by atoms with Crippen molar-refractivity contribution in [2.45, 2.75) is 39.2 Å². The molecule has 1 nitrogen and oxygen atoms in total. The normalized spacial score (nSPS) is 16.3. The number of rotatable bonds is 5. The van der Waals surface area contributed by atoms with Crippen LogP contribution in [0.5, 0.6) is 0 Å². The molecule has 0 aromatic rings. The van der Waals surface area contributed by atoms with Gasteiger partial charge in [0.15, 0.2) is 0 Å². The maximum atomic E-state index is 5.69. The van der Waals surface area contributed by atoms with Crippen molar-refractivity contribution < 1.29 is 0 Å². The van der Waals surface area contributed by atoms with Crippen LogP contribution in [0, 0.1) is 5.92 Å². The molecule has 1 heteroatoms. The van der Waals surface area contributed by atoms with Gasteiger partial charge in [0, 0.05) is 6.04 Å². The molecule has 0 aliphatic rings. The zero-order valence-corrected chi connectivity index (χ0v) is 7.14. The fourth-order valence-electron chi connectivity index (χ4n) is 0.847. The zero-order chi connectivity index (χ0) is 7.98. The molecule has 60 valence electrons. The van der Waals surface area contributed by atoms with Crippen LogP contribution < -0.4 is 5.73 Å². The Morgan fingerprint density at radius 2 is 2.10 bits per heavy atom. The van der Waals surface area contributed by atoms with Crippen molar-refractivity contribution in [3.63, 3.8) is 0 Å². The Labute approximate surface area is 64.3 Å². The Balaban J connectivity index is 3.21. The molecule has 0 saturated carbocycles. The highest BCUT2D eigenvalue weighted by molar-refractivity contribution is 4.69. The van der Waals surface area contributed by atoms with Gasteiger partial charge in [0.2, 0.25) is 0 Å². The summed E-state index contributed by atoms with van der Waals surface area (Å²) < 4.78 is 0. The van der Waals surface area contributed by atoms with Crippen LogP contribution in [0.1, 0.15) is 33.1 Å². The van der Waals surface area contributed by atoms with E-state index in [2.05, 4.69) is 20.4 Å². The van der Waals surface area contributed by atoms with E-state index in [1.165, 1.54) is 12.8 Å². The molecular formula is C9H19N. The van der Waals surface area contributed by atoms with Crippen molar-refractivity contribution in [1.82, 2.24) is 0 Å². The molecule has 0 saturated heterocycles. The first kappa shape index (κ1) is 9.70. The minimum atomic E-state index is 0.338. The highest BCUT2D eigenvalue weighted by Gasteiger charge is 2.05. The maximum Gasteiger partial charge on any atom is 0.00361 e. The van der Waals surface area contributed by atoms with Crippen LogP contribution >= 0.6 is 0 Å². The van der Waals surface area contributed by atoms with Crippen molar-refractivity contribution in [1.29, 1.82) is 0 Å². The summed E-state index contributed by atoms with van der Waals surface area (Å²) in [6, 6.07) is 0.338. The largest absolute Gasteiger partial charge is 0.328 e. The number of allylic oxidation sites excluding steroid dienone is 1. The quantitative estimate of drug-likeness (QED) is 0.461. The van der Waals surface area contributed by atoms with Crippen molar-refractivity contribution in [3.05, 3.63) is 12.7 Å². The lowest BCUT2D eigenvalue weighted by atomic mass is 9.98. The van der Waals surface area contributed by atoms with Crippen LogP contribution in [-0.2, 0) is 0 Å². The summed E-state index contributed by atoms with van der Waals surface area (Å²) in [4.78, 5) is 0. The third kappa shape index (κ3) is 4.57. The highest BCUT2D eigenvalue weighted by Crippen LogP contribution is 2.10.